The fraction of sp³-hybridized carbons (Fsp3) is 0.333. The van der Waals surface area contributed by atoms with E-state index in [4.69, 9.17) is 0 Å². The molecule has 2 aliphatic rings. The van der Waals surface area contributed by atoms with Gasteiger partial charge in [-0.25, -0.2) is 0 Å². The van der Waals surface area contributed by atoms with E-state index in [1.165, 1.54) is 22.3 Å². The van der Waals surface area contributed by atoms with Gasteiger partial charge < -0.3 is 24.8 Å². The minimum atomic E-state index is 0. The average molecular weight is 397 g/mol. The number of benzene rings is 1. The topological polar surface area (TPSA) is 0 Å². The Labute approximate surface area is 155 Å². The maximum Gasteiger partial charge on any atom is -1.00 e. The molecular weight excluding hydrogens is 378 g/mol. The zero-order valence-corrected chi connectivity index (χ0v) is 16.6. The summed E-state index contributed by atoms with van der Waals surface area (Å²) in [5.41, 5.74) is 7.77. The maximum atomic E-state index is 2.43. The van der Waals surface area contributed by atoms with E-state index in [0.29, 0.717) is 3.63 Å². The van der Waals surface area contributed by atoms with Gasteiger partial charge in [-0.3, -0.25) is 0 Å². The van der Waals surface area contributed by atoms with Crippen molar-refractivity contribution in [3.05, 3.63) is 64.3 Å². The van der Waals surface area contributed by atoms with Crippen molar-refractivity contribution in [2.45, 2.75) is 30.8 Å². The largest absolute Gasteiger partial charge is 1.00 e. The normalized spacial score (nSPS) is 19.9. The third kappa shape index (κ3) is 3.63. The maximum absolute atomic E-state index is 2.43. The summed E-state index contributed by atoms with van der Waals surface area (Å²) in [4.78, 5) is 0. The van der Waals surface area contributed by atoms with Gasteiger partial charge in [0, 0.05) is 0 Å². The second-order valence-corrected chi connectivity index (χ2v) is 7.86. The molecule has 1 atom stereocenters. The third-order valence-electron chi connectivity index (χ3n) is 4.04. The van der Waals surface area contributed by atoms with Crippen LogP contribution in [0.2, 0.25) is 0 Å². The third-order valence-corrected chi connectivity index (χ3v) is 5.57. The van der Waals surface area contributed by atoms with Crippen LogP contribution in [0.3, 0.4) is 0 Å². The van der Waals surface area contributed by atoms with Crippen LogP contribution in [0.1, 0.15) is 41.9 Å². The predicted molar refractivity (Wildman–Crippen MR) is 77.4 cm³/mol. The molecule has 0 radical (unpaired) electrons. The van der Waals surface area contributed by atoms with E-state index >= 15 is 0 Å². The zero-order valence-electron chi connectivity index (χ0n) is 12.6. The molecule has 1 aromatic rings. The molecule has 0 N–H and O–H groups in total. The Morgan fingerprint density at radius 1 is 1.05 bits per heavy atom. The molecular formula is C18H19Cl2Zr. The molecule has 0 aliphatic heterocycles. The summed E-state index contributed by atoms with van der Waals surface area (Å²) in [5, 5.41) is 0. The molecule has 1 unspecified atom stereocenters. The van der Waals surface area contributed by atoms with E-state index in [-0.39, 0.29) is 30.2 Å². The van der Waals surface area contributed by atoms with E-state index in [1.54, 1.807) is 30.3 Å². The molecule has 0 fully saturated rings. The van der Waals surface area contributed by atoms with E-state index in [0.717, 1.165) is 6.42 Å². The molecule has 3 rings (SSSR count). The van der Waals surface area contributed by atoms with Crippen LogP contribution >= 0.6 is 0 Å². The van der Waals surface area contributed by atoms with Gasteiger partial charge in [-0.05, 0) is 0 Å². The molecule has 0 amide bonds. The number of halogens is 2. The summed E-state index contributed by atoms with van der Waals surface area (Å²) in [6.07, 6.45) is 8.34. The smallest absolute Gasteiger partial charge is 1.00 e. The van der Waals surface area contributed by atoms with Crippen LogP contribution in [0, 0.1) is 5.41 Å². The van der Waals surface area contributed by atoms with Crippen LogP contribution in [0.4, 0.5) is 0 Å². The first-order valence-electron chi connectivity index (χ1n) is 6.90. The fourth-order valence-corrected chi connectivity index (χ4v) is 4.16. The van der Waals surface area contributed by atoms with Crippen LogP contribution in [0.15, 0.2) is 53.1 Å². The Hall–Kier alpha value is -0.0969. The second kappa shape index (κ2) is 6.99. The number of allylic oxidation sites excluding steroid dienone is 5. The molecule has 109 valence electrons. The summed E-state index contributed by atoms with van der Waals surface area (Å²) in [7, 11) is 0. The number of hydrogen-bond acceptors (Lipinski definition) is 0. The quantitative estimate of drug-likeness (QED) is 0.569. The standard InChI is InChI=1S/C18H19.2ClH.Zr/c1-18(2,3)17-9-8-15(12-17)16-10-13-6-4-5-7-14(13)11-16;;;/h4-7,9-12H,8H2,1-3H3;2*1H;/q;;;+2/p-2. The van der Waals surface area contributed by atoms with Gasteiger partial charge in [-0.15, -0.1) is 0 Å². The Morgan fingerprint density at radius 3 is 2.29 bits per heavy atom. The molecule has 0 heterocycles. The first-order valence-corrected chi connectivity index (χ1v) is 8.32. The minimum absolute atomic E-state index is 0. The first kappa shape index (κ1) is 19.0. The Kier molecular flexibility index (Phi) is 6.31. The van der Waals surface area contributed by atoms with Crippen molar-refractivity contribution in [3.8, 4) is 0 Å². The first-order chi connectivity index (χ1) is 8.97. The SMILES string of the molecule is CC(C)(C)C1=CCC(C2=Cc3ccccc3[CH]2[Zr+2])=C1.[Cl-].[Cl-]. The summed E-state index contributed by atoms with van der Waals surface area (Å²) in [5.74, 6) is 0. The van der Waals surface area contributed by atoms with Gasteiger partial charge in [0.1, 0.15) is 0 Å². The van der Waals surface area contributed by atoms with E-state index in [9.17, 15) is 0 Å². The number of hydrogen-bond donors (Lipinski definition) is 0. The van der Waals surface area contributed by atoms with Gasteiger partial charge in [0.2, 0.25) is 0 Å². The molecule has 3 heteroatoms. The summed E-state index contributed by atoms with van der Waals surface area (Å²) in [6, 6.07) is 8.83. The molecule has 0 spiro atoms. The monoisotopic (exact) mass is 395 g/mol. The van der Waals surface area contributed by atoms with Crippen molar-refractivity contribution < 1.29 is 49.5 Å². The van der Waals surface area contributed by atoms with Gasteiger partial charge in [0.15, 0.2) is 0 Å². The summed E-state index contributed by atoms with van der Waals surface area (Å²) < 4.78 is 0.627. The summed E-state index contributed by atoms with van der Waals surface area (Å²) in [6.45, 7) is 6.89. The average Bonchev–Trinajstić information content (AvgIpc) is 2.94. The molecule has 0 bridgehead atoms. The Balaban J connectivity index is 0.00000110. The van der Waals surface area contributed by atoms with Gasteiger partial charge >= 0.3 is 131 Å². The van der Waals surface area contributed by atoms with Gasteiger partial charge in [-0.2, -0.15) is 0 Å². The van der Waals surface area contributed by atoms with Gasteiger partial charge in [-0.1, -0.05) is 0 Å². The fourth-order valence-electron chi connectivity index (χ4n) is 2.85. The van der Waals surface area contributed by atoms with Crippen LogP contribution in [-0.2, 0) is 24.7 Å². The molecule has 2 aliphatic carbocycles. The van der Waals surface area contributed by atoms with Crippen molar-refractivity contribution in [2.75, 3.05) is 0 Å². The Bertz CT molecular complexity index is 618. The second-order valence-electron chi connectivity index (χ2n) is 6.44. The molecule has 0 nitrogen and oxygen atoms in total. The summed E-state index contributed by atoms with van der Waals surface area (Å²) >= 11 is 1.60. The van der Waals surface area contributed by atoms with Crippen molar-refractivity contribution in [1.82, 2.24) is 0 Å². The number of rotatable bonds is 1. The molecule has 0 saturated carbocycles. The van der Waals surface area contributed by atoms with Crippen molar-refractivity contribution in [2.24, 2.45) is 5.41 Å². The molecule has 21 heavy (non-hydrogen) atoms. The van der Waals surface area contributed by atoms with E-state index in [1.807, 2.05) is 0 Å². The minimum Gasteiger partial charge on any atom is -1.00 e. The zero-order chi connectivity index (χ0) is 13.6. The van der Waals surface area contributed by atoms with E-state index < -0.39 is 0 Å². The molecule has 0 aromatic heterocycles. The van der Waals surface area contributed by atoms with Crippen molar-refractivity contribution >= 4 is 6.08 Å². The van der Waals surface area contributed by atoms with Gasteiger partial charge in [0.25, 0.3) is 0 Å². The Morgan fingerprint density at radius 2 is 1.71 bits per heavy atom. The van der Waals surface area contributed by atoms with Gasteiger partial charge in [0.05, 0.1) is 0 Å². The number of fused-ring (bicyclic) bond motifs is 1. The van der Waals surface area contributed by atoms with E-state index in [2.05, 4.69) is 63.3 Å². The van der Waals surface area contributed by atoms with Crippen LogP contribution in [-0.4, -0.2) is 0 Å². The van der Waals surface area contributed by atoms with Crippen LogP contribution < -0.4 is 24.8 Å². The van der Waals surface area contributed by atoms with Crippen molar-refractivity contribution in [3.63, 3.8) is 0 Å². The van der Waals surface area contributed by atoms with Crippen LogP contribution in [0.25, 0.3) is 6.08 Å². The molecule has 0 saturated heterocycles. The van der Waals surface area contributed by atoms with Crippen LogP contribution in [0.5, 0.6) is 0 Å². The molecule has 1 aromatic carbocycles. The van der Waals surface area contributed by atoms with Crippen molar-refractivity contribution in [1.29, 1.82) is 0 Å². The predicted octanol–water partition coefficient (Wildman–Crippen LogP) is -1.02.